The van der Waals surface area contributed by atoms with E-state index in [1.54, 1.807) is 0 Å². The van der Waals surface area contributed by atoms with Crippen molar-refractivity contribution >= 4 is 0 Å². The van der Waals surface area contributed by atoms with Gasteiger partial charge in [0, 0.05) is 6.54 Å². The Labute approximate surface area is 65.4 Å². The smallest absolute Gasteiger partial charge is 0.000590 e. The number of hydrogen-bond acceptors (Lipinski definition) is 1. The van der Waals surface area contributed by atoms with Gasteiger partial charge in [0.15, 0.2) is 0 Å². The highest BCUT2D eigenvalue weighted by atomic mass is 15.1. The first kappa shape index (κ1) is 9.96. The monoisotopic (exact) mass is 143 g/mol. The fourth-order valence-corrected chi connectivity index (χ4v) is 1.28. The van der Waals surface area contributed by atoms with Gasteiger partial charge < -0.3 is 4.90 Å². The maximum Gasteiger partial charge on any atom is 0.000590 e. The molecule has 0 heterocycles. The SMILES string of the molecule is CCC(CN(C)C)C(C)C. The third-order valence-electron chi connectivity index (χ3n) is 2.07. The maximum atomic E-state index is 2.30. The van der Waals surface area contributed by atoms with Crippen LogP contribution < -0.4 is 0 Å². The molecule has 0 saturated carbocycles. The van der Waals surface area contributed by atoms with Crippen LogP contribution in [0, 0.1) is 11.8 Å². The molecule has 10 heavy (non-hydrogen) atoms. The molecule has 62 valence electrons. The molecule has 0 aromatic rings. The molecule has 0 fully saturated rings. The van der Waals surface area contributed by atoms with Crippen LogP contribution in [0.25, 0.3) is 0 Å². The highest BCUT2D eigenvalue weighted by Gasteiger charge is 2.10. The molecule has 0 saturated heterocycles. The molecule has 0 aliphatic carbocycles. The predicted octanol–water partition coefficient (Wildman–Crippen LogP) is 2.23. The first-order valence-electron chi connectivity index (χ1n) is 4.22. The van der Waals surface area contributed by atoms with Crippen LogP contribution in [0.3, 0.4) is 0 Å². The van der Waals surface area contributed by atoms with Crippen LogP contribution >= 0.6 is 0 Å². The molecule has 0 bridgehead atoms. The Morgan fingerprint density at radius 1 is 1.20 bits per heavy atom. The molecule has 0 N–H and O–H groups in total. The predicted molar refractivity (Wildman–Crippen MR) is 47.2 cm³/mol. The van der Waals surface area contributed by atoms with Crippen molar-refractivity contribution in [2.75, 3.05) is 20.6 Å². The molecule has 0 aromatic heterocycles. The molecule has 0 aliphatic heterocycles. The molecule has 0 amide bonds. The van der Waals surface area contributed by atoms with Gasteiger partial charge >= 0.3 is 0 Å². The molecular formula is C9H21N. The summed E-state index contributed by atoms with van der Waals surface area (Å²) in [7, 11) is 4.29. The highest BCUT2D eigenvalue weighted by molar-refractivity contribution is 4.63. The molecule has 1 atom stereocenters. The van der Waals surface area contributed by atoms with Crippen molar-refractivity contribution in [1.82, 2.24) is 4.90 Å². The van der Waals surface area contributed by atoms with Crippen LogP contribution in [-0.2, 0) is 0 Å². The van der Waals surface area contributed by atoms with E-state index in [0.717, 1.165) is 11.8 Å². The first-order valence-corrected chi connectivity index (χ1v) is 4.22. The zero-order chi connectivity index (χ0) is 8.15. The van der Waals surface area contributed by atoms with E-state index in [1.165, 1.54) is 13.0 Å². The van der Waals surface area contributed by atoms with E-state index < -0.39 is 0 Å². The zero-order valence-electron chi connectivity index (χ0n) is 8.02. The lowest BCUT2D eigenvalue weighted by atomic mass is 9.93. The number of nitrogens with zero attached hydrogens (tertiary/aromatic N) is 1. The summed E-state index contributed by atoms with van der Waals surface area (Å²) in [5.74, 6) is 1.70. The fourth-order valence-electron chi connectivity index (χ4n) is 1.28. The fraction of sp³-hybridized carbons (Fsp3) is 1.00. The van der Waals surface area contributed by atoms with E-state index in [2.05, 4.69) is 39.8 Å². The molecule has 0 radical (unpaired) electrons. The Morgan fingerprint density at radius 2 is 1.70 bits per heavy atom. The number of hydrogen-bond donors (Lipinski definition) is 0. The summed E-state index contributed by atoms with van der Waals surface area (Å²) in [5, 5.41) is 0. The molecule has 0 spiro atoms. The molecule has 1 heteroatoms. The van der Waals surface area contributed by atoms with Crippen molar-refractivity contribution in [2.24, 2.45) is 11.8 Å². The van der Waals surface area contributed by atoms with Gasteiger partial charge in [-0.3, -0.25) is 0 Å². The van der Waals surface area contributed by atoms with E-state index in [1.807, 2.05) is 0 Å². The van der Waals surface area contributed by atoms with Crippen molar-refractivity contribution in [3.63, 3.8) is 0 Å². The van der Waals surface area contributed by atoms with Crippen molar-refractivity contribution in [3.8, 4) is 0 Å². The maximum absolute atomic E-state index is 2.30. The third-order valence-corrected chi connectivity index (χ3v) is 2.07. The summed E-state index contributed by atoms with van der Waals surface area (Å²) in [5.41, 5.74) is 0. The van der Waals surface area contributed by atoms with Crippen molar-refractivity contribution in [1.29, 1.82) is 0 Å². The molecule has 1 unspecified atom stereocenters. The topological polar surface area (TPSA) is 3.24 Å². The van der Waals surface area contributed by atoms with Crippen LogP contribution in [0.1, 0.15) is 27.2 Å². The largest absolute Gasteiger partial charge is 0.309 e. The minimum absolute atomic E-state index is 0.826. The minimum atomic E-state index is 0.826. The Kier molecular flexibility index (Phi) is 4.71. The summed E-state index contributed by atoms with van der Waals surface area (Å²) in [4.78, 5) is 2.27. The molecular weight excluding hydrogens is 122 g/mol. The van der Waals surface area contributed by atoms with Gasteiger partial charge in [0.25, 0.3) is 0 Å². The Morgan fingerprint density at radius 3 is 1.80 bits per heavy atom. The highest BCUT2D eigenvalue weighted by Crippen LogP contribution is 2.14. The van der Waals surface area contributed by atoms with Crippen LogP contribution in [0.4, 0.5) is 0 Å². The second-order valence-corrected chi connectivity index (χ2v) is 3.67. The van der Waals surface area contributed by atoms with Crippen LogP contribution in [-0.4, -0.2) is 25.5 Å². The summed E-state index contributed by atoms with van der Waals surface area (Å²) in [6.07, 6.45) is 1.30. The van der Waals surface area contributed by atoms with Gasteiger partial charge in [0.1, 0.15) is 0 Å². The van der Waals surface area contributed by atoms with Gasteiger partial charge in [-0.2, -0.15) is 0 Å². The Hall–Kier alpha value is -0.0400. The second kappa shape index (κ2) is 4.73. The van der Waals surface area contributed by atoms with E-state index in [-0.39, 0.29) is 0 Å². The quantitative estimate of drug-likeness (QED) is 0.583. The lowest BCUT2D eigenvalue weighted by Gasteiger charge is -2.22. The van der Waals surface area contributed by atoms with Gasteiger partial charge in [-0.1, -0.05) is 27.2 Å². The first-order chi connectivity index (χ1) is 4.57. The Bertz CT molecular complexity index is 76.8. The van der Waals surface area contributed by atoms with E-state index in [4.69, 9.17) is 0 Å². The van der Waals surface area contributed by atoms with Gasteiger partial charge in [0.05, 0.1) is 0 Å². The molecule has 0 aliphatic rings. The van der Waals surface area contributed by atoms with Crippen LogP contribution in [0.2, 0.25) is 0 Å². The van der Waals surface area contributed by atoms with Crippen LogP contribution in [0.15, 0.2) is 0 Å². The van der Waals surface area contributed by atoms with Gasteiger partial charge in [0.2, 0.25) is 0 Å². The lowest BCUT2D eigenvalue weighted by Crippen LogP contribution is -2.24. The summed E-state index contributed by atoms with van der Waals surface area (Å²) < 4.78 is 0. The molecule has 0 rings (SSSR count). The summed E-state index contributed by atoms with van der Waals surface area (Å²) >= 11 is 0. The summed E-state index contributed by atoms with van der Waals surface area (Å²) in [6, 6.07) is 0. The average Bonchev–Trinajstić information content (AvgIpc) is 1.81. The van der Waals surface area contributed by atoms with Crippen molar-refractivity contribution in [2.45, 2.75) is 27.2 Å². The normalized spacial score (nSPS) is 14.7. The van der Waals surface area contributed by atoms with Crippen molar-refractivity contribution < 1.29 is 0 Å². The van der Waals surface area contributed by atoms with E-state index in [0.29, 0.717) is 0 Å². The van der Waals surface area contributed by atoms with Crippen LogP contribution in [0.5, 0.6) is 0 Å². The summed E-state index contributed by atoms with van der Waals surface area (Å²) in [6.45, 7) is 8.11. The zero-order valence-corrected chi connectivity index (χ0v) is 8.02. The standard InChI is InChI=1S/C9H21N/c1-6-9(8(2)3)7-10(4)5/h8-9H,6-7H2,1-5H3. The minimum Gasteiger partial charge on any atom is -0.309 e. The lowest BCUT2D eigenvalue weighted by molar-refractivity contribution is 0.263. The van der Waals surface area contributed by atoms with Gasteiger partial charge in [-0.15, -0.1) is 0 Å². The van der Waals surface area contributed by atoms with Gasteiger partial charge in [-0.25, -0.2) is 0 Å². The van der Waals surface area contributed by atoms with Gasteiger partial charge in [-0.05, 0) is 25.9 Å². The molecule has 1 nitrogen and oxygen atoms in total. The van der Waals surface area contributed by atoms with Crippen molar-refractivity contribution in [3.05, 3.63) is 0 Å². The Balaban J connectivity index is 3.60. The van der Waals surface area contributed by atoms with E-state index >= 15 is 0 Å². The average molecular weight is 143 g/mol. The third kappa shape index (κ3) is 3.89. The second-order valence-electron chi connectivity index (χ2n) is 3.67. The van der Waals surface area contributed by atoms with E-state index in [9.17, 15) is 0 Å². The molecule has 0 aromatic carbocycles. The number of rotatable bonds is 4.